The van der Waals surface area contributed by atoms with Crippen LogP contribution in [0, 0.1) is 0 Å². The molecule has 3 atom stereocenters. The lowest BCUT2D eigenvalue weighted by Gasteiger charge is -2.35. The summed E-state index contributed by atoms with van der Waals surface area (Å²) in [5.74, 6) is -1.63. The van der Waals surface area contributed by atoms with Crippen molar-refractivity contribution in [2.24, 2.45) is 0 Å². The molecule has 1 aromatic carbocycles. The quantitative estimate of drug-likeness (QED) is 0.603. The largest absolute Gasteiger partial charge is 0.433 e. The van der Waals surface area contributed by atoms with Crippen molar-refractivity contribution in [3.05, 3.63) is 34.9 Å². The van der Waals surface area contributed by atoms with E-state index in [1.54, 1.807) is 31.2 Å². The van der Waals surface area contributed by atoms with Crippen LogP contribution in [0.5, 0.6) is 0 Å². The molecule has 2 N–H and O–H groups in total. The van der Waals surface area contributed by atoms with E-state index >= 15 is 0 Å². The summed E-state index contributed by atoms with van der Waals surface area (Å²) in [5, 5.41) is 5.65. The molecular formula is C21H26ClN3O6. The Morgan fingerprint density at radius 2 is 2.03 bits per heavy atom. The summed E-state index contributed by atoms with van der Waals surface area (Å²) in [5.41, 5.74) is 0.276. The number of cyclic esters (lactones) is 1. The second-order valence-corrected chi connectivity index (χ2v) is 7.80. The second-order valence-electron chi connectivity index (χ2n) is 7.39. The highest BCUT2D eigenvalue weighted by molar-refractivity contribution is 6.33. The molecule has 0 unspecified atom stereocenters. The number of halogens is 1. The highest BCUT2D eigenvalue weighted by Gasteiger charge is 2.39. The molecule has 168 valence electrons. The zero-order chi connectivity index (χ0) is 22.4. The Labute approximate surface area is 185 Å². The van der Waals surface area contributed by atoms with E-state index in [4.69, 9.17) is 21.1 Å². The van der Waals surface area contributed by atoms with Gasteiger partial charge in [-0.2, -0.15) is 0 Å². The first kappa shape index (κ1) is 23.0. The van der Waals surface area contributed by atoms with E-state index < -0.39 is 30.3 Å². The predicted molar refractivity (Wildman–Crippen MR) is 111 cm³/mol. The number of esters is 1. The molecule has 0 aliphatic carbocycles. The van der Waals surface area contributed by atoms with Crippen molar-refractivity contribution in [3.8, 4) is 0 Å². The normalized spacial score (nSPS) is 23.2. The third-order valence-electron chi connectivity index (χ3n) is 5.27. The van der Waals surface area contributed by atoms with Crippen LogP contribution in [0.3, 0.4) is 0 Å². The maximum absolute atomic E-state index is 12.9. The molecule has 31 heavy (non-hydrogen) atoms. The van der Waals surface area contributed by atoms with Gasteiger partial charge in [0.25, 0.3) is 5.91 Å². The molecule has 0 bridgehead atoms. The van der Waals surface area contributed by atoms with Crippen molar-refractivity contribution in [2.45, 2.75) is 51.0 Å². The standard InChI is InChI=1S/C21H26ClN3O6/c1-2-30-21-15(11-18(27)31-21)24-20(29)16-9-5-6-10-25(16)17(26)12-23-19(28)13-7-3-4-8-14(13)22/h3-4,7-8,15-16,21H,2,5-6,9-12H2,1H3,(H,23,28)(H,24,29)/t15-,16-,21+/m0/s1. The van der Waals surface area contributed by atoms with Gasteiger partial charge >= 0.3 is 5.97 Å². The number of likely N-dealkylation sites (tertiary alicyclic amines) is 1. The molecule has 0 radical (unpaired) electrons. The molecule has 1 aromatic rings. The van der Waals surface area contributed by atoms with Crippen molar-refractivity contribution < 1.29 is 28.7 Å². The SMILES string of the molecule is CCO[C@@H]1OC(=O)C[C@@H]1NC(=O)[C@@H]1CCCCN1C(=O)CNC(=O)c1ccccc1Cl. The Morgan fingerprint density at radius 1 is 1.26 bits per heavy atom. The van der Waals surface area contributed by atoms with Crippen molar-refractivity contribution in [1.82, 2.24) is 15.5 Å². The van der Waals surface area contributed by atoms with Crippen LogP contribution in [0.15, 0.2) is 24.3 Å². The highest BCUT2D eigenvalue weighted by Crippen LogP contribution is 2.21. The first-order chi connectivity index (χ1) is 14.9. The molecule has 9 nitrogen and oxygen atoms in total. The molecule has 2 heterocycles. The van der Waals surface area contributed by atoms with Crippen LogP contribution in [0.1, 0.15) is 43.0 Å². The maximum Gasteiger partial charge on any atom is 0.310 e. The molecule has 0 spiro atoms. The molecule has 0 saturated carbocycles. The first-order valence-electron chi connectivity index (χ1n) is 10.3. The summed E-state index contributed by atoms with van der Waals surface area (Å²) in [6, 6.07) is 5.27. The van der Waals surface area contributed by atoms with Crippen molar-refractivity contribution in [3.63, 3.8) is 0 Å². The van der Waals surface area contributed by atoms with Crippen LogP contribution in [-0.2, 0) is 23.9 Å². The van der Waals surface area contributed by atoms with Crippen LogP contribution in [0.2, 0.25) is 5.02 Å². The van der Waals surface area contributed by atoms with Crippen molar-refractivity contribution in [2.75, 3.05) is 19.7 Å². The molecule has 2 saturated heterocycles. The van der Waals surface area contributed by atoms with Gasteiger partial charge in [-0.15, -0.1) is 0 Å². The highest BCUT2D eigenvalue weighted by atomic mass is 35.5. The Balaban J connectivity index is 1.59. The van der Waals surface area contributed by atoms with Crippen LogP contribution in [0.25, 0.3) is 0 Å². The maximum atomic E-state index is 12.9. The average molecular weight is 452 g/mol. The van der Waals surface area contributed by atoms with E-state index in [1.807, 2.05) is 0 Å². The Kier molecular flexibility index (Phi) is 7.86. The smallest absolute Gasteiger partial charge is 0.310 e. The Hall–Kier alpha value is -2.65. The fourth-order valence-electron chi connectivity index (χ4n) is 3.75. The summed E-state index contributed by atoms with van der Waals surface area (Å²) in [4.78, 5) is 51.1. The Morgan fingerprint density at radius 3 is 2.77 bits per heavy atom. The topological polar surface area (TPSA) is 114 Å². The van der Waals surface area contributed by atoms with Gasteiger partial charge in [0.05, 0.1) is 23.6 Å². The van der Waals surface area contributed by atoms with E-state index in [9.17, 15) is 19.2 Å². The Bertz CT molecular complexity index is 848. The number of amides is 3. The zero-order valence-electron chi connectivity index (χ0n) is 17.3. The molecule has 10 heteroatoms. The number of nitrogens with zero attached hydrogens (tertiary/aromatic N) is 1. The first-order valence-corrected chi connectivity index (χ1v) is 10.7. The number of ether oxygens (including phenoxy) is 2. The van der Waals surface area contributed by atoms with Gasteiger partial charge in [-0.1, -0.05) is 23.7 Å². The molecular weight excluding hydrogens is 426 g/mol. The minimum absolute atomic E-state index is 0.0188. The lowest BCUT2D eigenvalue weighted by molar-refractivity contribution is -0.164. The summed E-state index contributed by atoms with van der Waals surface area (Å²) in [7, 11) is 0. The minimum Gasteiger partial charge on any atom is -0.433 e. The van der Waals surface area contributed by atoms with Crippen LogP contribution in [0.4, 0.5) is 0 Å². The van der Waals surface area contributed by atoms with E-state index in [2.05, 4.69) is 10.6 Å². The van der Waals surface area contributed by atoms with Crippen LogP contribution >= 0.6 is 11.6 Å². The lowest BCUT2D eigenvalue weighted by atomic mass is 10.0. The third kappa shape index (κ3) is 5.74. The molecule has 0 aromatic heterocycles. The number of nitrogens with one attached hydrogen (secondary N) is 2. The third-order valence-corrected chi connectivity index (χ3v) is 5.60. The fourth-order valence-corrected chi connectivity index (χ4v) is 3.97. The van der Waals surface area contributed by atoms with Gasteiger partial charge in [0.2, 0.25) is 18.1 Å². The van der Waals surface area contributed by atoms with Gasteiger partial charge in [-0.25, -0.2) is 0 Å². The van der Waals surface area contributed by atoms with Crippen LogP contribution in [-0.4, -0.2) is 66.7 Å². The number of benzene rings is 1. The van der Waals surface area contributed by atoms with E-state index in [-0.39, 0.29) is 30.3 Å². The van der Waals surface area contributed by atoms with Gasteiger partial charge in [0, 0.05) is 13.2 Å². The molecule has 3 amide bonds. The minimum atomic E-state index is -0.830. The van der Waals surface area contributed by atoms with Crippen molar-refractivity contribution in [1.29, 1.82) is 0 Å². The summed E-state index contributed by atoms with van der Waals surface area (Å²) < 4.78 is 10.4. The van der Waals surface area contributed by atoms with E-state index in [0.29, 0.717) is 24.6 Å². The number of hydrogen-bond donors (Lipinski definition) is 2. The predicted octanol–water partition coefficient (Wildman–Crippen LogP) is 1.25. The van der Waals surface area contributed by atoms with Crippen molar-refractivity contribution >= 4 is 35.3 Å². The molecule has 2 aliphatic heterocycles. The average Bonchev–Trinajstić information content (AvgIpc) is 3.10. The summed E-state index contributed by atoms with van der Waals surface area (Å²) in [6.45, 7) is 2.27. The summed E-state index contributed by atoms with van der Waals surface area (Å²) >= 11 is 6.02. The molecule has 2 aliphatic rings. The van der Waals surface area contributed by atoms with E-state index in [0.717, 1.165) is 12.8 Å². The monoisotopic (exact) mass is 451 g/mol. The lowest BCUT2D eigenvalue weighted by Crippen LogP contribution is -2.56. The molecule has 3 rings (SSSR count). The van der Waals surface area contributed by atoms with Gasteiger partial charge < -0.3 is 25.0 Å². The number of piperidine rings is 1. The molecule has 2 fully saturated rings. The van der Waals surface area contributed by atoms with Gasteiger partial charge in [0.15, 0.2) is 0 Å². The van der Waals surface area contributed by atoms with Gasteiger partial charge in [0.1, 0.15) is 12.1 Å². The summed E-state index contributed by atoms with van der Waals surface area (Å²) in [6.07, 6.45) is 1.25. The number of rotatable bonds is 7. The zero-order valence-corrected chi connectivity index (χ0v) is 18.0. The van der Waals surface area contributed by atoms with E-state index in [1.165, 1.54) is 4.90 Å². The number of hydrogen-bond acceptors (Lipinski definition) is 6. The number of carbonyl (C=O) groups excluding carboxylic acids is 4. The number of carbonyl (C=O) groups is 4. The second kappa shape index (κ2) is 10.6. The van der Waals surface area contributed by atoms with Gasteiger partial charge in [-0.05, 0) is 38.3 Å². The van der Waals surface area contributed by atoms with Crippen LogP contribution < -0.4 is 10.6 Å². The van der Waals surface area contributed by atoms with Gasteiger partial charge in [-0.3, -0.25) is 19.2 Å². The fraction of sp³-hybridized carbons (Fsp3) is 0.524.